The van der Waals surface area contributed by atoms with Crippen LogP contribution in [0.1, 0.15) is 31.1 Å². The number of piperidine rings is 1. The predicted octanol–water partition coefficient (Wildman–Crippen LogP) is 3.94. The van der Waals surface area contributed by atoms with E-state index in [1.165, 1.54) is 6.42 Å². The minimum atomic E-state index is -3.59. The molecule has 1 atom stereocenters. The standard InChI is InChI=1S/C21H24N2O3S/c24-27(25,19-11-10-17-7-2-3-8-18(17)15-19)22-16-20(21-9-6-14-26-21)23-12-4-1-5-13-23/h2-3,6-11,14-15,20,22H,1,4-5,12-13,16H2. The van der Waals surface area contributed by atoms with Crippen LogP contribution in [0.3, 0.4) is 0 Å². The number of sulfonamides is 1. The Kier molecular flexibility index (Phi) is 5.29. The largest absolute Gasteiger partial charge is 0.468 e. The maximum Gasteiger partial charge on any atom is 0.240 e. The van der Waals surface area contributed by atoms with E-state index in [0.717, 1.165) is 42.5 Å². The monoisotopic (exact) mass is 384 g/mol. The van der Waals surface area contributed by atoms with Gasteiger partial charge in [0.2, 0.25) is 10.0 Å². The van der Waals surface area contributed by atoms with E-state index in [1.807, 2.05) is 42.5 Å². The number of nitrogens with zero attached hydrogens (tertiary/aromatic N) is 1. The van der Waals surface area contributed by atoms with Gasteiger partial charge in [-0.3, -0.25) is 4.90 Å². The number of rotatable bonds is 6. The van der Waals surface area contributed by atoms with Crippen molar-refractivity contribution >= 4 is 20.8 Å². The zero-order chi connectivity index (χ0) is 18.7. The number of benzene rings is 2. The molecule has 1 aromatic heterocycles. The Hall–Kier alpha value is -2.15. The number of hydrogen-bond donors (Lipinski definition) is 1. The second-order valence-corrected chi connectivity index (χ2v) is 8.76. The average molecular weight is 385 g/mol. The van der Waals surface area contributed by atoms with E-state index < -0.39 is 10.0 Å². The molecule has 6 heteroatoms. The SMILES string of the molecule is O=S(=O)(NCC(c1ccco1)N1CCCCC1)c1ccc2ccccc2c1. The molecular formula is C21H24N2O3S. The summed E-state index contributed by atoms with van der Waals surface area (Å²) in [6, 6.07) is 16.7. The van der Waals surface area contributed by atoms with Crippen LogP contribution in [0.25, 0.3) is 10.8 Å². The zero-order valence-corrected chi connectivity index (χ0v) is 16.0. The van der Waals surface area contributed by atoms with E-state index in [4.69, 9.17) is 4.42 Å². The Bertz CT molecular complexity index is 993. The van der Waals surface area contributed by atoms with Crippen LogP contribution in [0.15, 0.2) is 70.2 Å². The molecule has 27 heavy (non-hydrogen) atoms. The zero-order valence-electron chi connectivity index (χ0n) is 15.2. The van der Waals surface area contributed by atoms with Gasteiger partial charge in [0.1, 0.15) is 5.76 Å². The van der Waals surface area contributed by atoms with Crippen molar-refractivity contribution in [3.63, 3.8) is 0 Å². The van der Waals surface area contributed by atoms with Gasteiger partial charge in [0, 0.05) is 6.54 Å². The first-order valence-corrected chi connectivity index (χ1v) is 10.9. The van der Waals surface area contributed by atoms with Gasteiger partial charge in [0.05, 0.1) is 17.2 Å². The Balaban J connectivity index is 1.54. The third kappa shape index (κ3) is 4.08. The van der Waals surface area contributed by atoms with Gasteiger partial charge in [0.15, 0.2) is 0 Å². The van der Waals surface area contributed by atoms with Crippen molar-refractivity contribution in [1.82, 2.24) is 9.62 Å². The fourth-order valence-corrected chi connectivity index (χ4v) is 4.80. The van der Waals surface area contributed by atoms with Crippen molar-refractivity contribution in [3.05, 3.63) is 66.6 Å². The number of fused-ring (bicyclic) bond motifs is 1. The van der Waals surface area contributed by atoms with Crippen molar-refractivity contribution in [2.24, 2.45) is 0 Å². The molecule has 0 aliphatic carbocycles. The number of likely N-dealkylation sites (tertiary alicyclic amines) is 1. The predicted molar refractivity (Wildman–Crippen MR) is 106 cm³/mol. The van der Waals surface area contributed by atoms with Gasteiger partial charge in [-0.25, -0.2) is 13.1 Å². The molecule has 4 rings (SSSR count). The number of hydrogen-bond acceptors (Lipinski definition) is 4. The Morgan fingerprint density at radius 3 is 2.48 bits per heavy atom. The van der Waals surface area contributed by atoms with Gasteiger partial charge in [-0.2, -0.15) is 0 Å². The summed E-state index contributed by atoms with van der Waals surface area (Å²) in [4.78, 5) is 2.60. The molecule has 1 fully saturated rings. The van der Waals surface area contributed by atoms with Crippen molar-refractivity contribution in [1.29, 1.82) is 0 Å². The van der Waals surface area contributed by atoms with Crippen molar-refractivity contribution in [2.75, 3.05) is 19.6 Å². The highest BCUT2D eigenvalue weighted by Gasteiger charge is 2.26. The first kappa shape index (κ1) is 18.2. The maximum absolute atomic E-state index is 12.9. The molecule has 0 saturated carbocycles. The summed E-state index contributed by atoms with van der Waals surface area (Å²) in [7, 11) is -3.59. The summed E-state index contributed by atoms with van der Waals surface area (Å²) in [5, 5.41) is 1.94. The molecule has 3 aromatic rings. The lowest BCUT2D eigenvalue weighted by atomic mass is 10.1. The minimum absolute atomic E-state index is 0.0875. The van der Waals surface area contributed by atoms with Crippen LogP contribution in [0.5, 0.6) is 0 Å². The molecule has 1 saturated heterocycles. The molecule has 1 unspecified atom stereocenters. The van der Waals surface area contributed by atoms with E-state index in [1.54, 1.807) is 18.4 Å². The fourth-order valence-electron chi connectivity index (χ4n) is 3.73. The molecule has 2 heterocycles. The summed E-state index contributed by atoms with van der Waals surface area (Å²) >= 11 is 0. The normalized spacial score (nSPS) is 17.2. The highest BCUT2D eigenvalue weighted by Crippen LogP contribution is 2.25. The summed E-state index contributed by atoms with van der Waals surface area (Å²) < 4.78 is 34.1. The lowest BCUT2D eigenvalue weighted by Crippen LogP contribution is -2.40. The summed E-state index contributed by atoms with van der Waals surface area (Å²) in [6.45, 7) is 2.22. The second kappa shape index (κ2) is 7.84. The number of furan rings is 1. The van der Waals surface area contributed by atoms with E-state index in [-0.39, 0.29) is 10.9 Å². The van der Waals surface area contributed by atoms with Crippen molar-refractivity contribution in [3.8, 4) is 0 Å². The molecule has 0 spiro atoms. The van der Waals surface area contributed by atoms with Gasteiger partial charge < -0.3 is 4.42 Å². The highest BCUT2D eigenvalue weighted by atomic mass is 32.2. The Morgan fingerprint density at radius 2 is 1.74 bits per heavy atom. The molecule has 2 aromatic carbocycles. The smallest absolute Gasteiger partial charge is 0.240 e. The van der Waals surface area contributed by atoms with Gasteiger partial charge in [-0.15, -0.1) is 0 Å². The highest BCUT2D eigenvalue weighted by molar-refractivity contribution is 7.89. The van der Waals surface area contributed by atoms with E-state index in [9.17, 15) is 8.42 Å². The first-order valence-electron chi connectivity index (χ1n) is 9.39. The van der Waals surface area contributed by atoms with E-state index >= 15 is 0 Å². The Labute approximate surface area is 160 Å². The Morgan fingerprint density at radius 1 is 0.963 bits per heavy atom. The van der Waals surface area contributed by atoms with Gasteiger partial charge in [-0.1, -0.05) is 36.8 Å². The summed E-state index contributed by atoms with van der Waals surface area (Å²) in [5.41, 5.74) is 0. The summed E-state index contributed by atoms with van der Waals surface area (Å²) in [5.74, 6) is 0.804. The maximum atomic E-state index is 12.9. The van der Waals surface area contributed by atoms with E-state index in [2.05, 4.69) is 9.62 Å². The van der Waals surface area contributed by atoms with Gasteiger partial charge in [-0.05, 0) is 61.0 Å². The molecule has 1 aliphatic rings. The second-order valence-electron chi connectivity index (χ2n) is 6.99. The fraction of sp³-hybridized carbons (Fsp3) is 0.333. The molecule has 142 valence electrons. The first-order chi connectivity index (χ1) is 13.1. The quantitative estimate of drug-likeness (QED) is 0.699. The molecule has 5 nitrogen and oxygen atoms in total. The third-order valence-electron chi connectivity index (χ3n) is 5.20. The van der Waals surface area contributed by atoms with Crippen LogP contribution in [0.4, 0.5) is 0 Å². The van der Waals surface area contributed by atoms with Crippen LogP contribution in [-0.2, 0) is 10.0 Å². The molecular weight excluding hydrogens is 360 g/mol. The molecule has 0 amide bonds. The minimum Gasteiger partial charge on any atom is -0.468 e. The van der Waals surface area contributed by atoms with Crippen LogP contribution in [0, 0.1) is 0 Å². The van der Waals surface area contributed by atoms with Crippen molar-refractivity contribution < 1.29 is 12.8 Å². The molecule has 1 N–H and O–H groups in total. The molecule has 0 bridgehead atoms. The van der Waals surface area contributed by atoms with Crippen LogP contribution in [-0.4, -0.2) is 33.0 Å². The lowest BCUT2D eigenvalue weighted by Gasteiger charge is -2.33. The lowest BCUT2D eigenvalue weighted by molar-refractivity contribution is 0.147. The number of nitrogens with one attached hydrogen (secondary N) is 1. The third-order valence-corrected chi connectivity index (χ3v) is 6.62. The van der Waals surface area contributed by atoms with Crippen molar-refractivity contribution in [2.45, 2.75) is 30.2 Å². The molecule has 1 aliphatic heterocycles. The van der Waals surface area contributed by atoms with Gasteiger partial charge in [0.25, 0.3) is 0 Å². The van der Waals surface area contributed by atoms with Crippen LogP contribution >= 0.6 is 0 Å². The van der Waals surface area contributed by atoms with Crippen LogP contribution < -0.4 is 4.72 Å². The van der Waals surface area contributed by atoms with Crippen LogP contribution in [0.2, 0.25) is 0 Å². The topological polar surface area (TPSA) is 62.6 Å². The summed E-state index contributed by atoms with van der Waals surface area (Å²) in [6.07, 6.45) is 5.14. The molecule has 0 radical (unpaired) electrons. The average Bonchev–Trinajstić information content (AvgIpc) is 3.23. The van der Waals surface area contributed by atoms with E-state index in [0.29, 0.717) is 6.54 Å². The van der Waals surface area contributed by atoms with Gasteiger partial charge >= 0.3 is 0 Å².